The molecule has 3 aromatic rings. The monoisotopic (exact) mass is 270 g/mol. The van der Waals surface area contributed by atoms with E-state index in [1.807, 2.05) is 35.8 Å². The molecule has 0 saturated heterocycles. The SMILES string of the molecule is O=C(O)c1cccc(-c2ccn(-c3cccs3)n2)c1. The summed E-state index contributed by atoms with van der Waals surface area (Å²) >= 11 is 1.60. The van der Waals surface area contributed by atoms with Gasteiger partial charge in [-0.3, -0.25) is 0 Å². The van der Waals surface area contributed by atoms with Gasteiger partial charge in [-0.25, -0.2) is 9.48 Å². The number of thiophene rings is 1. The summed E-state index contributed by atoms with van der Waals surface area (Å²) in [6.07, 6.45) is 1.87. The third-order valence-electron chi connectivity index (χ3n) is 2.73. The van der Waals surface area contributed by atoms with Gasteiger partial charge >= 0.3 is 5.97 Å². The fourth-order valence-corrected chi connectivity index (χ4v) is 2.48. The largest absolute Gasteiger partial charge is 0.478 e. The highest BCUT2D eigenvalue weighted by molar-refractivity contribution is 7.12. The van der Waals surface area contributed by atoms with Crippen LogP contribution in [0.5, 0.6) is 0 Å². The zero-order valence-corrected chi connectivity index (χ0v) is 10.7. The van der Waals surface area contributed by atoms with Gasteiger partial charge in [0.05, 0.1) is 11.3 Å². The lowest BCUT2D eigenvalue weighted by Crippen LogP contribution is -1.96. The van der Waals surface area contributed by atoms with Gasteiger partial charge in [-0.1, -0.05) is 12.1 Å². The summed E-state index contributed by atoms with van der Waals surface area (Å²) in [5.41, 5.74) is 1.83. The molecule has 0 aliphatic rings. The van der Waals surface area contributed by atoms with Crippen LogP contribution in [0, 0.1) is 0 Å². The Kier molecular flexibility index (Phi) is 2.89. The highest BCUT2D eigenvalue weighted by Crippen LogP contribution is 2.21. The summed E-state index contributed by atoms with van der Waals surface area (Å²) in [6.45, 7) is 0. The first-order valence-electron chi connectivity index (χ1n) is 5.67. The van der Waals surface area contributed by atoms with Crippen LogP contribution in [0.1, 0.15) is 10.4 Å². The van der Waals surface area contributed by atoms with Gasteiger partial charge in [-0.15, -0.1) is 11.3 Å². The van der Waals surface area contributed by atoms with E-state index in [-0.39, 0.29) is 5.56 Å². The van der Waals surface area contributed by atoms with Crippen molar-refractivity contribution in [3.8, 4) is 16.3 Å². The average molecular weight is 270 g/mol. The van der Waals surface area contributed by atoms with E-state index in [9.17, 15) is 4.79 Å². The van der Waals surface area contributed by atoms with Crippen molar-refractivity contribution < 1.29 is 9.90 Å². The quantitative estimate of drug-likeness (QED) is 0.794. The molecule has 1 N–H and O–H groups in total. The molecule has 19 heavy (non-hydrogen) atoms. The number of rotatable bonds is 3. The van der Waals surface area contributed by atoms with Crippen molar-refractivity contribution >= 4 is 17.3 Å². The molecule has 0 bridgehead atoms. The second-order valence-electron chi connectivity index (χ2n) is 3.98. The molecule has 0 aliphatic heterocycles. The van der Waals surface area contributed by atoms with Crippen LogP contribution in [0.4, 0.5) is 0 Å². The summed E-state index contributed by atoms with van der Waals surface area (Å²) in [7, 11) is 0. The first-order valence-corrected chi connectivity index (χ1v) is 6.55. The lowest BCUT2D eigenvalue weighted by atomic mass is 10.1. The Morgan fingerprint density at radius 2 is 2.11 bits per heavy atom. The van der Waals surface area contributed by atoms with Gasteiger partial charge in [0.1, 0.15) is 5.00 Å². The molecule has 0 atom stereocenters. The van der Waals surface area contributed by atoms with Crippen LogP contribution in [-0.4, -0.2) is 20.9 Å². The maximum atomic E-state index is 11.0. The van der Waals surface area contributed by atoms with Crippen molar-refractivity contribution in [2.75, 3.05) is 0 Å². The van der Waals surface area contributed by atoms with Crippen LogP contribution < -0.4 is 0 Å². The Labute approximate surface area is 113 Å². The molecule has 0 saturated carbocycles. The second kappa shape index (κ2) is 4.70. The molecule has 0 aliphatic carbocycles. The van der Waals surface area contributed by atoms with E-state index in [4.69, 9.17) is 5.11 Å². The predicted octanol–water partition coefficient (Wildman–Crippen LogP) is 3.30. The van der Waals surface area contributed by atoms with Crippen molar-refractivity contribution in [3.63, 3.8) is 0 Å². The summed E-state index contributed by atoms with van der Waals surface area (Å²) in [5.74, 6) is -0.931. The Hall–Kier alpha value is -2.40. The van der Waals surface area contributed by atoms with E-state index < -0.39 is 5.97 Å². The number of carboxylic acid groups (broad SMARTS) is 1. The second-order valence-corrected chi connectivity index (χ2v) is 4.91. The molecule has 0 radical (unpaired) electrons. The first kappa shape index (κ1) is 11.7. The number of carboxylic acids is 1. The zero-order valence-electron chi connectivity index (χ0n) is 9.85. The molecule has 0 amide bonds. The molecule has 4 nitrogen and oxygen atoms in total. The van der Waals surface area contributed by atoms with Crippen LogP contribution in [0.15, 0.2) is 54.0 Å². The standard InChI is InChI=1S/C14H10N2O2S/c17-14(18)11-4-1-3-10(9-11)12-6-7-16(15-12)13-5-2-8-19-13/h1-9H,(H,17,18). The highest BCUT2D eigenvalue weighted by atomic mass is 32.1. The molecule has 3 rings (SSSR count). The van der Waals surface area contributed by atoms with Crippen molar-refractivity contribution in [3.05, 3.63) is 59.6 Å². The van der Waals surface area contributed by atoms with Gasteiger partial charge in [0.25, 0.3) is 0 Å². The first-order chi connectivity index (χ1) is 9.24. The van der Waals surface area contributed by atoms with Gasteiger partial charge in [0, 0.05) is 11.8 Å². The van der Waals surface area contributed by atoms with Crippen LogP contribution in [0.2, 0.25) is 0 Å². The Morgan fingerprint density at radius 1 is 1.21 bits per heavy atom. The Bertz CT molecular complexity index is 717. The molecule has 0 spiro atoms. The molecular formula is C14H10N2O2S. The van der Waals surface area contributed by atoms with Crippen LogP contribution in [0.3, 0.4) is 0 Å². The maximum absolute atomic E-state index is 11.0. The van der Waals surface area contributed by atoms with Crippen molar-refractivity contribution in [2.45, 2.75) is 0 Å². The van der Waals surface area contributed by atoms with Gasteiger partial charge in [0.15, 0.2) is 0 Å². The smallest absolute Gasteiger partial charge is 0.335 e. The Balaban J connectivity index is 1.99. The Morgan fingerprint density at radius 3 is 2.84 bits per heavy atom. The van der Waals surface area contributed by atoms with E-state index in [0.717, 1.165) is 16.3 Å². The molecule has 0 fully saturated rings. The zero-order chi connectivity index (χ0) is 13.2. The minimum absolute atomic E-state index is 0.267. The van der Waals surface area contributed by atoms with E-state index in [1.165, 1.54) is 0 Å². The molecular weight excluding hydrogens is 260 g/mol. The van der Waals surface area contributed by atoms with Crippen LogP contribution in [-0.2, 0) is 0 Å². The van der Waals surface area contributed by atoms with Gasteiger partial charge in [0.2, 0.25) is 0 Å². The lowest BCUT2D eigenvalue weighted by molar-refractivity contribution is 0.0697. The van der Waals surface area contributed by atoms with E-state index in [2.05, 4.69) is 5.10 Å². The normalized spacial score (nSPS) is 10.5. The van der Waals surface area contributed by atoms with Gasteiger partial charge in [-0.2, -0.15) is 5.10 Å². The molecule has 2 heterocycles. The molecule has 0 unspecified atom stereocenters. The topological polar surface area (TPSA) is 55.1 Å². The maximum Gasteiger partial charge on any atom is 0.335 e. The lowest BCUT2D eigenvalue weighted by Gasteiger charge is -1.99. The number of hydrogen-bond acceptors (Lipinski definition) is 3. The molecule has 94 valence electrons. The summed E-state index contributed by atoms with van der Waals surface area (Å²) in [6, 6.07) is 12.6. The third-order valence-corrected chi connectivity index (χ3v) is 3.58. The van der Waals surface area contributed by atoms with Crippen LogP contribution in [0.25, 0.3) is 16.3 Å². The summed E-state index contributed by atoms with van der Waals surface area (Å²) in [5, 5.41) is 16.5. The number of hydrogen-bond donors (Lipinski definition) is 1. The summed E-state index contributed by atoms with van der Waals surface area (Å²) in [4.78, 5) is 11.0. The summed E-state index contributed by atoms with van der Waals surface area (Å²) < 4.78 is 1.79. The van der Waals surface area contributed by atoms with E-state index in [1.54, 1.807) is 34.2 Å². The van der Waals surface area contributed by atoms with Gasteiger partial charge in [-0.05, 0) is 35.7 Å². The highest BCUT2D eigenvalue weighted by Gasteiger charge is 2.07. The molecule has 5 heteroatoms. The minimum Gasteiger partial charge on any atom is -0.478 e. The number of aromatic nitrogens is 2. The third kappa shape index (κ3) is 2.28. The number of nitrogens with zero attached hydrogens (tertiary/aromatic N) is 2. The van der Waals surface area contributed by atoms with E-state index >= 15 is 0 Å². The minimum atomic E-state index is -0.931. The number of carbonyl (C=O) groups is 1. The van der Waals surface area contributed by atoms with Crippen molar-refractivity contribution in [2.24, 2.45) is 0 Å². The predicted molar refractivity (Wildman–Crippen MR) is 73.8 cm³/mol. The average Bonchev–Trinajstić information content (AvgIpc) is 3.09. The van der Waals surface area contributed by atoms with Crippen molar-refractivity contribution in [1.82, 2.24) is 9.78 Å². The fourth-order valence-electron chi connectivity index (χ4n) is 1.81. The molecule has 2 aromatic heterocycles. The number of aromatic carboxylic acids is 1. The van der Waals surface area contributed by atoms with E-state index in [0.29, 0.717) is 0 Å². The fraction of sp³-hybridized carbons (Fsp3) is 0. The van der Waals surface area contributed by atoms with Crippen molar-refractivity contribution in [1.29, 1.82) is 0 Å². The van der Waals surface area contributed by atoms with Crippen LogP contribution >= 0.6 is 11.3 Å². The van der Waals surface area contributed by atoms with Gasteiger partial charge < -0.3 is 5.11 Å². The number of benzene rings is 1. The molecule has 1 aromatic carbocycles.